The molecule has 0 radical (unpaired) electrons. The Balaban J connectivity index is 2.10. The maximum Gasteiger partial charge on any atom is 0.303 e. The molecule has 0 saturated heterocycles. The third-order valence-corrected chi connectivity index (χ3v) is 6.82. The number of carboxylic acid groups (broad SMARTS) is 1. The van der Waals surface area contributed by atoms with Crippen LogP contribution in [-0.4, -0.2) is 29.4 Å². The largest absolute Gasteiger partial charge is 0.481 e. The van der Waals surface area contributed by atoms with Crippen molar-refractivity contribution in [2.45, 2.75) is 135 Å². The van der Waals surface area contributed by atoms with Crippen molar-refractivity contribution in [3.63, 3.8) is 0 Å². The topological polar surface area (TPSA) is 95.5 Å². The first-order chi connectivity index (χ1) is 18.0. The zero-order valence-corrected chi connectivity index (χ0v) is 23.3. The molecule has 3 N–H and O–H groups in total. The average molecular weight is 517 g/mol. The minimum atomic E-state index is -0.685. The van der Waals surface area contributed by atoms with Crippen LogP contribution in [0.4, 0.5) is 0 Å². The third-order valence-electron chi connectivity index (χ3n) is 6.82. The minimum Gasteiger partial charge on any atom is -0.481 e. The van der Waals surface area contributed by atoms with Gasteiger partial charge in [0.1, 0.15) is 6.04 Å². The summed E-state index contributed by atoms with van der Waals surface area (Å²) >= 11 is 0. The Labute approximate surface area is 225 Å². The quantitative estimate of drug-likeness (QED) is 0.124. The summed E-state index contributed by atoms with van der Waals surface area (Å²) in [5.41, 5.74) is 0.820. The van der Waals surface area contributed by atoms with Crippen LogP contribution in [0.5, 0.6) is 0 Å². The number of hydrogen-bond acceptors (Lipinski definition) is 3. The molecule has 1 atom stereocenters. The molecule has 0 fully saturated rings. The molecule has 1 aromatic rings. The van der Waals surface area contributed by atoms with Gasteiger partial charge in [0.2, 0.25) is 11.8 Å². The molecular formula is C31H52N2O4. The van der Waals surface area contributed by atoms with Crippen molar-refractivity contribution in [1.29, 1.82) is 0 Å². The first kappa shape index (κ1) is 32.7. The SMILES string of the molecule is CCCCCCC(=O)N[C@H](C(=O)NCCCCCCCCCCCCCCCC(=O)O)c1ccccc1. The molecule has 210 valence electrons. The van der Waals surface area contributed by atoms with Gasteiger partial charge in [-0.2, -0.15) is 0 Å². The summed E-state index contributed by atoms with van der Waals surface area (Å²) in [7, 11) is 0. The lowest BCUT2D eigenvalue weighted by Crippen LogP contribution is -2.40. The summed E-state index contributed by atoms with van der Waals surface area (Å²) in [4.78, 5) is 35.8. The predicted molar refractivity (Wildman–Crippen MR) is 151 cm³/mol. The van der Waals surface area contributed by atoms with Gasteiger partial charge in [0.25, 0.3) is 0 Å². The summed E-state index contributed by atoms with van der Waals surface area (Å²) in [5, 5.41) is 14.6. The van der Waals surface area contributed by atoms with Gasteiger partial charge < -0.3 is 15.7 Å². The summed E-state index contributed by atoms with van der Waals surface area (Å²) in [6.45, 7) is 2.79. The van der Waals surface area contributed by atoms with E-state index in [4.69, 9.17) is 5.11 Å². The number of nitrogens with one attached hydrogen (secondary N) is 2. The molecule has 1 aromatic carbocycles. The minimum absolute atomic E-state index is 0.0594. The van der Waals surface area contributed by atoms with Gasteiger partial charge >= 0.3 is 5.97 Å². The van der Waals surface area contributed by atoms with E-state index in [0.29, 0.717) is 19.4 Å². The Morgan fingerprint density at radius 3 is 1.70 bits per heavy atom. The highest BCUT2D eigenvalue weighted by atomic mass is 16.4. The third kappa shape index (κ3) is 18.5. The molecule has 0 heterocycles. The van der Waals surface area contributed by atoms with E-state index in [1.807, 2.05) is 30.3 Å². The van der Waals surface area contributed by atoms with Crippen LogP contribution in [0.15, 0.2) is 30.3 Å². The van der Waals surface area contributed by atoms with Crippen molar-refractivity contribution < 1.29 is 19.5 Å². The molecular weight excluding hydrogens is 464 g/mol. The van der Waals surface area contributed by atoms with E-state index in [2.05, 4.69) is 17.6 Å². The van der Waals surface area contributed by atoms with Crippen molar-refractivity contribution in [2.24, 2.45) is 0 Å². The zero-order chi connectivity index (χ0) is 27.0. The van der Waals surface area contributed by atoms with Gasteiger partial charge in [-0.05, 0) is 24.8 Å². The van der Waals surface area contributed by atoms with Gasteiger partial charge in [-0.1, -0.05) is 127 Å². The Morgan fingerprint density at radius 1 is 0.676 bits per heavy atom. The van der Waals surface area contributed by atoms with Crippen LogP contribution in [0.2, 0.25) is 0 Å². The normalized spacial score (nSPS) is 11.7. The molecule has 0 spiro atoms. The number of amides is 2. The Bertz CT molecular complexity index is 723. The molecule has 0 aromatic heterocycles. The van der Waals surface area contributed by atoms with E-state index >= 15 is 0 Å². The van der Waals surface area contributed by atoms with Crippen molar-refractivity contribution in [3.8, 4) is 0 Å². The second-order valence-corrected chi connectivity index (χ2v) is 10.3. The molecule has 0 aliphatic rings. The van der Waals surface area contributed by atoms with E-state index in [9.17, 15) is 14.4 Å². The van der Waals surface area contributed by atoms with Crippen molar-refractivity contribution >= 4 is 17.8 Å². The molecule has 0 saturated carbocycles. The highest BCUT2D eigenvalue weighted by molar-refractivity contribution is 5.88. The molecule has 6 heteroatoms. The molecule has 1 rings (SSSR count). The fourth-order valence-electron chi connectivity index (χ4n) is 4.55. The molecule has 0 aliphatic carbocycles. The summed E-state index contributed by atoms with van der Waals surface area (Å²) in [6, 6.07) is 8.86. The number of carbonyl (C=O) groups is 3. The summed E-state index contributed by atoms with van der Waals surface area (Å²) in [6.07, 6.45) is 20.0. The zero-order valence-electron chi connectivity index (χ0n) is 23.3. The number of benzene rings is 1. The van der Waals surface area contributed by atoms with Crippen LogP contribution in [0.1, 0.15) is 141 Å². The lowest BCUT2D eigenvalue weighted by atomic mass is 10.0. The second-order valence-electron chi connectivity index (χ2n) is 10.3. The van der Waals surface area contributed by atoms with Crippen molar-refractivity contribution in [1.82, 2.24) is 10.6 Å². The average Bonchev–Trinajstić information content (AvgIpc) is 2.89. The maximum atomic E-state index is 12.9. The molecule has 6 nitrogen and oxygen atoms in total. The Hall–Kier alpha value is -2.37. The molecule has 0 aliphatic heterocycles. The van der Waals surface area contributed by atoms with E-state index in [0.717, 1.165) is 63.4 Å². The van der Waals surface area contributed by atoms with E-state index in [1.54, 1.807) is 0 Å². The van der Waals surface area contributed by atoms with Crippen LogP contribution < -0.4 is 10.6 Å². The summed E-state index contributed by atoms with van der Waals surface area (Å²) < 4.78 is 0. The van der Waals surface area contributed by atoms with Crippen LogP contribution in [0.25, 0.3) is 0 Å². The van der Waals surface area contributed by atoms with Gasteiger partial charge in [0.15, 0.2) is 0 Å². The molecule has 0 unspecified atom stereocenters. The number of unbranched alkanes of at least 4 members (excludes halogenated alkanes) is 15. The lowest BCUT2D eigenvalue weighted by Gasteiger charge is -2.19. The van der Waals surface area contributed by atoms with Crippen LogP contribution >= 0.6 is 0 Å². The number of hydrogen-bond donors (Lipinski definition) is 3. The first-order valence-corrected chi connectivity index (χ1v) is 14.9. The van der Waals surface area contributed by atoms with E-state index in [-0.39, 0.29) is 11.8 Å². The fourth-order valence-corrected chi connectivity index (χ4v) is 4.55. The van der Waals surface area contributed by atoms with Crippen molar-refractivity contribution in [2.75, 3.05) is 6.54 Å². The smallest absolute Gasteiger partial charge is 0.303 e. The fraction of sp³-hybridized carbons (Fsp3) is 0.710. The lowest BCUT2D eigenvalue weighted by molar-refractivity contribution is -0.137. The monoisotopic (exact) mass is 516 g/mol. The Morgan fingerprint density at radius 2 is 1.16 bits per heavy atom. The second kappa shape index (κ2) is 22.8. The number of carbonyl (C=O) groups excluding carboxylic acids is 2. The van der Waals surface area contributed by atoms with Gasteiger partial charge in [-0.25, -0.2) is 0 Å². The van der Waals surface area contributed by atoms with Gasteiger partial charge in [-0.3, -0.25) is 14.4 Å². The highest BCUT2D eigenvalue weighted by Gasteiger charge is 2.22. The van der Waals surface area contributed by atoms with Crippen LogP contribution in [0.3, 0.4) is 0 Å². The predicted octanol–water partition coefficient (Wildman–Crippen LogP) is 7.48. The molecule has 37 heavy (non-hydrogen) atoms. The number of aliphatic carboxylic acids is 1. The van der Waals surface area contributed by atoms with Crippen LogP contribution in [-0.2, 0) is 14.4 Å². The van der Waals surface area contributed by atoms with E-state index < -0.39 is 12.0 Å². The van der Waals surface area contributed by atoms with Gasteiger partial charge in [-0.15, -0.1) is 0 Å². The van der Waals surface area contributed by atoms with E-state index in [1.165, 1.54) is 51.4 Å². The molecule has 2 amide bonds. The van der Waals surface area contributed by atoms with Gasteiger partial charge in [0, 0.05) is 19.4 Å². The molecule has 0 bridgehead atoms. The number of carboxylic acids is 1. The van der Waals surface area contributed by atoms with Crippen LogP contribution in [0, 0.1) is 0 Å². The highest BCUT2D eigenvalue weighted by Crippen LogP contribution is 2.15. The summed E-state index contributed by atoms with van der Waals surface area (Å²) in [5.74, 6) is -0.874. The number of rotatable bonds is 24. The Kier molecular flexibility index (Phi) is 20.1. The van der Waals surface area contributed by atoms with Crippen molar-refractivity contribution in [3.05, 3.63) is 35.9 Å². The maximum absolute atomic E-state index is 12.9. The first-order valence-electron chi connectivity index (χ1n) is 14.9. The standard InChI is InChI=1S/C31H52N2O4/c1-2-3-4-19-24-28(34)33-30(27-22-17-16-18-23-27)31(37)32-26-21-15-13-11-9-7-5-6-8-10-12-14-20-25-29(35)36/h16-18,22-23,30H,2-15,19-21,24-26H2,1H3,(H,32,37)(H,33,34)(H,35,36)/t30-/m0/s1. The van der Waals surface area contributed by atoms with Gasteiger partial charge in [0.05, 0.1) is 0 Å².